The zero-order chi connectivity index (χ0) is 17.0. The fourth-order valence-corrected chi connectivity index (χ4v) is 4.00. The van der Waals surface area contributed by atoms with Gasteiger partial charge in [0.25, 0.3) is 0 Å². The van der Waals surface area contributed by atoms with Crippen molar-refractivity contribution in [1.82, 2.24) is 4.98 Å². The van der Waals surface area contributed by atoms with Crippen molar-refractivity contribution in [2.45, 2.75) is 96.3 Å². The Labute approximate surface area is 148 Å². The summed E-state index contributed by atoms with van der Waals surface area (Å²) in [6.45, 7) is 2.28. The van der Waals surface area contributed by atoms with Gasteiger partial charge in [-0.15, -0.1) is 0 Å². The van der Waals surface area contributed by atoms with Crippen LogP contribution in [-0.4, -0.2) is 11.3 Å². The third kappa shape index (κ3) is 6.75. The van der Waals surface area contributed by atoms with E-state index < -0.39 is 0 Å². The topological polar surface area (TPSA) is 30.0 Å². The molecule has 1 saturated carbocycles. The summed E-state index contributed by atoms with van der Waals surface area (Å²) in [5, 5.41) is 0. The Morgan fingerprint density at radius 1 is 1.04 bits per heavy atom. The maximum Gasteiger partial charge on any atom is 0.120 e. The van der Waals surface area contributed by atoms with Crippen LogP contribution in [0.1, 0.15) is 101 Å². The average molecular weight is 330 g/mol. The summed E-state index contributed by atoms with van der Waals surface area (Å²) in [5.74, 6) is 1.64. The van der Waals surface area contributed by atoms with Crippen LogP contribution in [0.25, 0.3) is 0 Å². The lowest BCUT2D eigenvalue weighted by molar-refractivity contribution is -0.107. The van der Waals surface area contributed by atoms with E-state index in [1.807, 2.05) is 6.20 Å². The predicted octanol–water partition coefficient (Wildman–Crippen LogP) is 6.24. The second-order valence-electron chi connectivity index (χ2n) is 7.57. The van der Waals surface area contributed by atoms with Gasteiger partial charge in [0.1, 0.15) is 6.29 Å². The van der Waals surface area contributed by atoms with Crippen molar-refractivity contribution in [2.75, 3.05) is 0 Å². The number of carbonyl (C=O) groups is 1. The van der Waals surface area contributed by atoms with Gasteiger partial charge in [0.15, 0.2) is 0 Å². The van der Waals surface area contributed by atoms with Gasteiger partial charge in [0.05, 0.1) is 0 Å². The Morgan fingerprint density at radius 2 is 1.83 bits per heavy atom. The van der Waals surface area contributed by atoms with E-state index in [2.05, 4.69) is 19.1 Å². The molecule has 0 amide bonds. The smallest absolute Gasteiger partial charge is 0.120 e. The molecule has 2 rings (SSSR count). The largest absolute Gasteiger partial charge is 0.303 e. The Hall–Kier alpha value is -1.18. The lowest BCUT2D eigenvalue weighted by atomic mass is 9.78. The second kappa shape index (κ2) is 11.4. The van der Waals surface area contributed by atoms with E-state index in [0.29, 0.717) is 12.3 Å². The molecule has 1 fully saturated rings. The lowest BCUT2D eigenvalue weighted by Crippen LogP contribution is -2.14. The third-order valence-corrected chi connectivity index (χ3v) is 5.62. The molecule has 0 N–H and O–H groups in total. The molecule has 1 aromatic heterocycles. The molecule has 0 saturated heterocycles. The Balaban J connectivity index is 1.67. The normalized spacial score (nSPS) is 20.9. The summed E-state index contributed by atoms with van der Waals surface area (Å²) in [5.41, 5.74) is 2.55. The molecule has 1 heterocycles. The van der Waals surface area contributed by atoms with Crippen LogP contribution in [0.15, 0.2) is 18.3 Å². The molecule has 0 unspecified atom stereocenters. The second-order valence-corrected chi connectivity index (χ2v) is 7.57. The average Bonchev–Trinajstić information content (AvgIpc) is 2.63. The van der Waals surface area contributed by atoms with Crippen molar-refractivity contribution < 1.29 is 4.79 Å². The van der Waals surface area contributed by atoms with Crippen molar-refractivity contribution >= 4 is 6.29 Å². The molecule has 0 bridgehead atoms. The van der Waals surface area contributed by atoms with Crippen LogP contribution in [0, 0.1) is 5.92 Å². The molecule has 1 aliphatic rings. The van der Waals surface area contributed by atoms with Gasteiger partial charge in [-0.05, 0) is 56.1 Å². The Bertz CT molecular complexity index is 446. The number of aldehydes is 1. The highest BCUT2D eigenvalue weighted by molar-refractivity contribution is 5.49. The van der Waals surface area contributed by atoms with Crippen molar-refractivity contribution in [1.29, 1.82) is 0 Å². The number of pyridine rings is 1. The number of rotatable bonds is 11. The summed E-state index contributed by atoms with van der Waals surface area (Å²) in [6.07, 6.45) is 19.5. The molecule has 0 aliphatic heterocycles. The lowest BCUT2D eigenvalue weighted by Gasteiger charge is -2.28. The maximum atomic E-state index is 10.4. The van der Waals surface area contributed by atoms with Gasteiger partial charge in [0, 0.05) is 24.2 Å². The van der Waals surface area contributed by atoms with Gasteiger partial charge < -0.3 is 4.79 Å². The van der Waals surface area contributed by atoms with E-state index >= 15 is 0 Å². The number of aryl methyl sites for hydroxylation is 1. The van der Waals surface area contributed by atoms with Gasteiger partial charge in [-0.2, -0.15) is 0 Å². The van der Waals surface area contributed by atoms with Crippen LogP contribution in [0.2, 0.25) is 0 Å². The number of hydrogen-bond donors (Lipinski definition) is 0. The van der Waals surface area contributed by atoms with Gasteiger partial charge in [-0.1, -0.05) is 51.5 Å². The molecule has 2 heteroatoms. The first-order valence-corrected chi connectivity index (χ1v) is 10.2. The van der Waals surface area contributed by atoms with Crippen molar-refractivity contribution in [2.24, 2.45) is 5.92 Å². The molecule has 0 aromatic carbocycles. The van der Waals surface area contributed by atoms with E-state index in [1.165, 1.54) is 75.5 Å². The molecule has 2 nitrogen and oxygen atoms in total. The number of carbonyl (C=O) groups excluding carboxylic acids is 1. The Morgan fingerprint density at radius 3 is 2.50 bits per heavy atom. The molecular formula is C22H35NO. The first-order chi connectivity index (χ1) is 11.8. The number of nitrogens with zero attached hydrogens (tertiary/aromatic N) is 1. The molecule has 0 radical (unpaired) electrons. The summed E-state index contributed by atoms with van der Waals surface area (Å²) in [4.78, 5) is 15.1. The van der Waals surface area contributed by atoms with Crippen LogP contribution in [0.3, 0.4) is 0 Å². The van der Waals surface area contributed by atoms with E-state index in [4.69, 9.17) is 4.98 Å². The van der Waals surface area contributed by atoms with E-state index in [1.54, 1.807) is 0 Å². The maximum absolute atomic E-state index is 10.4. The highest BCUT2D eigenvalue weighted by Crippen LogP contribution is 2.37. The van der Waals surface area contributed by atoms with Crippen molar-refractivity contribution in [3.05, 3.63) is 29.6 Å². The molecular weight excluding hydrogens is 294 g/mol. The summed E-state index contributed by atoms with van der Waals surface area (Å²) in [6, 6.07) is 4.44. The van der Waals surface area contributed by atoms with E-state index in [0.717, 1.165) is 25.0 Å². The monoisotopic (exact) mass is 329 g/mol. The highest BCUT2D eigenvalue weighted by atomic mass is 16.1. The first kappa shape index (κ1) is 19.1. The number of hydrogen-bond acceptors (Lipinski definition) is 2. The van der Waals surface area contributed by atoms with E-state index in [-0.39, 0.29) is 0 Å². The zero-order valence-electron chi connectivity index (χ0n) is 15.5. The van der Waals surface area contributed by atoms with Crippen LogP contribution < -0.4 is 0 Å². The van der Waals surface area contributed by atoms with Crippen LogP contribution in [0.4, 0.5) is 0 Å². The third-order valence-electron chi connectivity index (χ3n) is 5.62. The van der Waals surface area contributed by atoms with Crippen molar-refractivity contribution in [3.63, 3.8) is 0 Å². The SMILES string of the molecule is CCCCCCC[C@H]1CC[C@H](c2ccc(CCCC=O)cn2)CC1. The van der Waals surface area contributed by atoms with Crippen LogP contribution >= 0.6 is 0 Å². The standard InChI is InChI=1S/C22H35NO/c1-2-3-4-5-6-9-19-11-14-21(15-12-19)22-16-13-20(18-23-22)10-7-8-17-24/h13,16-19,21H,2-12,14-15H2,1H3/t19-,21-. The minimum absolute atomic E-state index is 0.657. The molecule has 0 spiro atoms. The van der Waals surface area contributed by atoms with Gasteiger partial charge in [-0.3, -0.25) is 4.98 Å². The predicted molar refractivity (Wildman–Crippen MR) is 101 cm³/mol. The van der Waals surface area contributed by atoms with Gasteiger partial charge in [0.2, 0.25) is 0 Å². The molecule has 0 atom stereocenters. The van der Waals surface area contributed by atoms with Crippen LogP contribution in [0.5, 0.6) is 0 Å². The molecule has 134 valence electrons. The minimum atomic E-state index is 0.657. The quantitative estimate of drug-likeness (QED) is 0.355. The minimum Gasteiger partial charge on any atom is -0.303 e. The fraction of sp³-hybridized carbons (Fsp3) is 0.727. The first-order valence-electron chi connectivity index (χ1n) is 10.2. The highest BCUT2D eigenvalue weighted by Gasteiger charge is 2.22. The summed E-state index contributed by atoms with van der Waals surface area (Å²) in [7, 11) is 0. The van der Waals surface area contributed by atoms with Gasteiger partial charge >= 0.3 is 0 Å². The summed E-state index contributed by atoms with van der Waals surface area (Å²) >= 11 is 0. The Kier molecular flexibility index (Phi) is 9.09. The van der Waals surface area contributed by atoms with Gasteiger partial charge in [-0.25, -0.2) is 0 Å². The zero-order valence-corrected chi connectivity index (χ0v) is 15.5. The van der Waals surface area contributed by atoms with E-state index in [9.17, 15) is 4.79 Å². The number of aromatic nitrogens is 1. The molecule has 24 heavy (non-hydrogen) atoms. The van der Waals surface area contributed by atoms with Crippen LogP contribution in [-0.2, 0) is 11.2 Å². The number of unbranched alkanes of at least 4 members (excludes halogenated alkanes) is 5. The fourth-order valence-electron chi connectivity index (χ4n) is 4.00. The van der Waals surface area contributed by atoms with Crippen molar-refractivity contribution in [3.8, 4) is 0 Å². The molecule has 1 aliphatic carbocycles. The molecule has 1 aromatic rings. The summed E-state index contributed by atoms with van der Waals surface area (Å²) < 4.78 is 0.